The second-order valence-corrected chi connectivity index (χ2v) is 7.37. The maximum atomic E-state index is 5.45. The molecule has 0 aliphatic carbocycles. The summed E-state index contributed by atoms with van der Waals surface area (Å²) in [6, 6.07) is 7.85. The van der Waals surface area contributed by atoms with Gasteiger partial charge in [0.15, 0.2) is 11.5 Å². The fourth-order valence-electron chi connectivity index (χ4n) is 3.26. The number of nitrogens with zero attached hydrogens (tertiary/aromatic N) is 4. The summed E-state index contributed by atoms with van der Waals surface area (Å²) in [6.45, 7) is 2.43. The molecular weight excluding hydrogens is 394 g/mol. The van der Waals surface area contributed by atoms with Gasteiger partial charge in [0, 0.05) is 42.3 Å². The number of benzene rings is 1. The van der Waals surface area contributed by atoms with Crippen molar-refractivity contribution < 1.29 is 14.2 Å². The van der Waals surface area contributed by atoms with E-state index in [1.54, 1.807) is 21.3 Å². The SMILES string of the molecule is COc1cc(N2C=CC(c3ccc(NCCCN(C)C)nc3)=NC2)cc(OC)c1OC. The Labute approximate surface area is 184 Å². The van der Waals surface area contributed by atoms with Gasteiger partial charge in [-0.05, 0) is 45.3 Å². The first-order valence-electron chi connectivity index (χ1n) is 10.2. The number of aliphatic imine (C=N–C) groups is 1. The average molecular weight is 426 g/mol. The van der Waals surface area contributed by atoms with Crippen molar-refractivity contribution in [3.05, 3.63) is 48.3 Å². The summed E-state index contributed by atoms with van der Waals surface area (Å²) in [5.74, 6) is 2.66. The summed E-state index contributed by atoms with van der Waals surface area (Å²) < 4.78 is 16.3. The first-order valence-corrected chi connectivity index (χ1v) is 10.2. The topological polar surface area (TPSA) is 71.5 Å². The molecule has 1 N–H and O–H groups in total. The maximum absolute atomic E-state index is 5.45. The van der Waals surface area contributed by atoms with Crippen LogP contribution in [0.1, 0.15) is 12.0 Å². The third-order valence-electron chi connectivity index (χ3n) is 4.93. The molecule has 1 aromatic carbocycles. The maximum Gasteiger partial charge on any atom is 0.203 e. The van der Waals surface area contributed by atoms with Crippen LogP contribution in [0.4, 0.5) is 11.5 Å². The van der Waals surface area contributed by atoms with E-state index >= 15 is 0 Å². The highest BCUT2D eigenvalue weighted by Crippen LogP contribution is 2.41. The van der Waals surface area contributed by atoms with Crippen LogP contribution < -0.4 is 24.4 Å². The van der Waals surface area contributed by atoms with Gasteiger partial charge in [-0.1, -0.05) is 0 Å². The Morgan fingerprint density at radius 3 is 2.32 bits per heavy atom. The van der Waals surface area contributed by atoms with Gasteiger partial charge in [-0.2, -0.15) is 0 Å². The van der Waals surface area contributed by atoms with Gasteiger partial charge < -0.3 is 29.3 Å². The number of nitrogens with one attached hydrogen (secondary N) is 1. The largest absolute Gasteiger partial charge is 0.493 e. The molecule has 0 radical (unpaired) electrons. The number of anilines is 2. The zero-order valence-corrected chi connectivity index (χ0v) is 18.9. The third kappa shape index (κ3) is 5.67. The molecule has 0 fully saturated rings. The van der Waals surface area contributed by atoms with Crippen molar-refractivity contribution in [1.29, 1.82) is 0 Å². The predicted molar refractivity (Wildman–Crippen MR) is 125 cm³/mol. The molecule has 166 valence electrons. The van der Waals surface area contributed by atoms with E-state index in [1.807, 2.05) is 47.6 Å². The molecule has 1 aliphatic heterocycles. The molecule has 0 bridgehead atoms. The second-order valence-electron chi connectivity index (χ2n) is 7.37. The summed E-state index contributed by atoms with van der Waals surface area (Å²) >= 11 is 0. The predicted octanol–water partition coefficient (Wildman–Crippen LogP) is 3.25. The minimum Gasteiger partial charge on any atom is -0.493 e. The molecule has 8 nitrogen and oxygen atoms in total. The van der Waals surface area contributed by atoms with E-state index in [1.165, 1.54) is 0 Å². The van der Waals surface area contributed by atoms with Gasteiger partial charge >= 0.3 is 0 Å². The molecule has 0 saturated heterocycles. The van der Waals surface area contributed by atoms with Crippen LogP contribution in [0, 0.1) is 0 Å². The van der Waals surface area contributed by atoms with Crippen LogP contribution in [0.3, 0.4) is 0 Å². The summed E-state index contributed by atoms with van der Waals surface area (Å²) in [6.07, 6.45) is 6.90. The highest BCUT2D eigenvalue weighted by Gasteiger charge is 2.17. The standard InChI is InChI=1S/C23H31N5O3/c1-27(2)11-6-10-24-22-8-7-17(15-25-22)19-9-12-28(16-26-19)18-13-20(29-3)23(31-5)21(14-18)30-4/h7-9,12-15H,6,10-11,16H2,1-5H3,(H,24,25). The van der Waals surface area contributed by atoms with Crippen LogP contribution in [-0.4, -0.2) is 70.8 Å². The Morgan fingerprint density at radius 2 is 1.81 bits per heavy atom. The van der Waals surface area contributed by atoms with E-state index in [2.05, 4.69) is 29.3 Å². The lowest BCUT2D eigenvalue weighted by molar-refractivity contribution is 0.324. The molecular formula is C23H31N5O3. The van der Waals surface area contributed by atoms with Crippen LogP contribution in [0.15, 0.2) is 47.7 Å². The Balaban J connectivity index is 1.65. The first kappa shape index (κ1) is 22.4. The molecule has 0 atom stereocenters. The van der Waals surface area contributed by atoms with Crippen molar-refractivity contribution in [3.63, 3.8) is 0 Å². The Hall–Kier alpha value is -3.26. The van der Waals surface area contributed by atoms with Crippen LogP contribution in [0.5, 0.6) is 17.2 Å². The quantitative estimate of drug-likeness (QED) is 0.586. The molecule has 31 heavy (non-hydrogen) atoms. The molecule has 0 saturated carbocycles. The normalized spacial score (nSPS) is 13.2. The van der Waals surface area contributed by atoms with E-state index in [4.69, 9.17) is 19.2 Å². The minimum atomic E-state index is 0.481. The van der Waals surface area contributed by atoms with Crippen LogP contribution >= 0.6 is 0 Å². The van der Waals surface area contributed by atoms with E-state index < -0.39 is 0 Å². The van der Waals surface area contributed by atoms with Crippen LogP contribution in [0.25, 0.3) is 0 Å². The second kappa shape index (κ2) is 10.7. The molecule has 2 aromatic rings. The van der Waals surface area contributed by atoms with E-state index in [9.17, 15) is 0 Å². The Kier molecular flexibility index (Phi) is 7.72. The fraction of sp³-hybridized carbons (Fsp3) is 0.391. The molecule has 8 heteroatoms. The summed E-state index contributed by atoms with van der Waals surface area (Å²) in [7, 11) is 8.97. The van der Waals surface area contributed by atoms with Gasteiger partial charge in [-0.15, -0.1) is 0 Å². The summed E-state index contributed by atoms with van der Waals surface area (Å²) in [4.78, 5) is 13.4. The number of ether oxygens (including phenoxy) is 3. The van der Waals surface area contributed by atoms with Crippen molar-refractivity contribution in [2.45, 2.75) is 6.42 Å². The number of allylic oxidation sites excluding steroid dienone is 1. The average Bonchev–Trinajstić information content (AvgIpc) is 2.81. The highest BCUT2D eigenvalue weighted by atomic mass is 16.5. The molecule has 1 aromatic heterocycles. The molecule has 0 unspecified atom stereocenters. The number of rotatable bonds is 10. The lowest BCUT2D eigenvalue weighted by atomic mass is 10.1. The van der Waals surface area contributed by atoms with Gasteiger partial charge in [-0.3, -0.25) is 4.99 Å². The van der Waals surface area contributed by atoms with Crippen LogP contribution in [0.2, 0.25) is 0 Å². The Morgan fingerprint density at radius 1 is 1.06 bits per heavy atom. The lowest BCUT2D eigenvalue weighted by Crippen LogP contribution is -2.22. The highest BCUT2D eigenvalue weighted by molar-refractivity contribution is 6.09. The third-order valence-corrected chi connectivity index (χ3v) is 4.93. The number of methoxy groups -OCH3 is 3. The number of hydrogen-bond donors (Lipinski definition) is 1. The van der Waals surface area contributed by atoms with Gasteiger partial charge in [0.1, 0.15) is 12.5 Å². The zero-order chi connectivity index (χ0) is 22.2. The first-order chi connectivity index (χ1) is 15.0. The number of aromatic nitrogens is 1. The molecule has 3 rings (SSSR count). The van der Waals surface area contributed by atoms with Crippen molar-refractivity contribution in [1.82, 2.24) is 9.88 Å². The fourth-order valence-corrected chi connectivity index (χ4v) is 3.26. The van der Waals surface area contributed by atoms with Crippen LogP contribution in [-0.2, 0) is 0 Å². The lowest BCUT2D eigenvalue weighted by Gasteiger charge is -2.24. The zero-order valence-electron chi connectivity index (χ0n) is 18.9. The summed E-state index contributed by atoms with van der Waals surface area (Å²) in [5, 5.41) is 3.35. The van der Waals surface area contributed by atoms with Crippen molar-refractivity contribution in [2.24, 2.45) is 4.99 Å². The molecule has 2 heterocycles. The van der Waals surface area contributed by atoms with E-state index in [-0.39, 0.29) is 0 Å². The smallest absolute Gasteiger partial charge is 0.203 e. The van der Waals surface area contributed by atoms with Crippen molar-refractivity contribution in [2.75, 3.05) is 65.4 Å². The van der Waals surface area contributed by atoms with Crippen molar-refractivity contribution in [3.8, 4) is 17.2 Å². The van der Waals surface area contributed by atoms with E-state index in [0.717, 1.165) is 42.3 Å². The van der Waals surface area contributed by atoms with Gasteiger partial charge in [-0.25, -0.2) is 4.98 Å². The van der Waals surface area contributed by atoms with Gasteiger partial charge in [0.2, 0.25) is 5.75 Å². The van der Waals surface area contributed by atoms with Crippen molar-refractivity contribution >= 4 is 17.2 Å². The summed E-state index contributed by atoms with van der Waals surface area (Å²) in [5.41, 5.74) is 2.79. The number of hydrogen-bond acceptors (Lipinski definition) is 8. The minimum absolute atomic E-state index is 0.481. The van der Waals surface area contributed by atoms with Gasteiger partial charge in [0.05, 0.1) is 27.0 Å². The molecule has 0 spiro atoms. The van der Waals surface area contributed by atoms with E-state index in [0.29, 0.717) is 23.9 Å². The molecule has 1 aliphatic rings. The molecule has 0 amide bonds. The number of pyridine rings is 1. The monoisotopic (exact) mass is 425 g/mol. The Bertz CT molecular complexity index is 900. The van der Waals surface area contributed by atoms with Gasteiger partial charge in [0.25, 0.3) is 0 Å².